The lowest BCUT2D eigenvalue weighted by Crippen LogP contribution is -2.34. The van der Waals surface area contributed by atoms with Crippen LogP contribution >= 0.6 is 0 Å². The van der Waals surface area contributed by atoms with Crippen molar-refractivity contribution in [3.8, 4) is 5.82 Å². The summed E-state index contributed by atoms with van der Waals surface area (Å²) in [4.78, 5) is 32.1. The van der Waals surface area contributed by atoms with E-state index < -0.39 is 0 Å². The number of rotatable bonds is 4. The minimum absolute atomic E-state index is 0.0176. The van der Waals surface area contributed by atoms with Crippen molar-refractivity contribution in [2.24, 2.45) is 7.05 Å². The molecule has 0 spiro atoms. The van der Waals surface area contributed by atoms with Crippen LogP contribution in [0.1, 0.15) is 43.1 Å². The first-order chi connectivity index (χ1) is 15.4. The molecule has 4 heterocycles. The molecule has 11 heteroatoms. The van der Waals surface area contributed by atoms with E-state index in [0.29, 0.717) is 22.8 Å². The van der Waals surface area contributed by atoms with Crippen molar-refractivity contribution < 1.29 is 0 Å². The van der Waals surface area contributed by atoms with Crippen LogP contribution < -0.4 is 16.4 Å². The van der Waals surface area contributed by atoms with Gasteiger partial charge in [0, 0.05) is 24.8 Å². The number of nitrogens with zero attached hydrogens (tertiary/aromatic N) is 7. The minimum Gasteiger partial charge on any atom is -0.353 e. The quantitative estimate of drug-likeness (QED) is 0.498. The highest BCUT2D eigenvalue weighted by molar-refractivity contribution is 5.74. The topological polar surface area (TPSA) is 128 Å². The third-order valence-electron chi connectivity index (χ3n) is 6.02. The molecule has 5 rings (SSSR count). The van der Waals surface area contributed by atoms with Gasteiger partial charge in [0.05, 0.1) is 17.9 Å². The fourth-order valence-corrected chi connectivity index (χ4v) is 4.41. The molecular formula is C21H25N9O2. The smallest absolute Gasteiger partial charge is 0.267 e. The molecule has 0 bridgehead atoms. The maximum Gasteiger partial charge on any atom is 0.267 e. The Kier molecular flexibility index (Phi) is 4.87. The Morgan fingerprint density at radius 3 is 2.59 bits per heavy atom. The molecule has 0 amide bonds. The maximum absolute atomic E-state index is 12.5. The second-order valence-corrected chi connectivity index (χ2v) is 8.38. The molecule has 1 aliphatic carbocycles. The fourth-order valence-electron chi connectivity index (χ4n) is 4.41. The number of aromatic nitrogens is 8. The average Bonchev–Trinajstić information content (AvgIpc) is 3.31. The maximum atomic E-state index is 12.5. The lowest BCUT2D eigenvalue weighted by molar-refractivity contribution is 0.302. The normalized spacial score (nSPS) is 18.8. The molecule has 0 unspecified atom stereocenters. The third kappa shape index (κ3) is 3.59. The Morgan fingerprint density at radius 1 is 1.09 bits per heavy atom. The zero-order valence-corrected chi connectivity index (χ0v) is 18.2. The summed E-state index contributed by atoms with van der Waals surface area (Å²) in [7, 11) is 1.76. The average molecular weight is 435 g/mol. The molecule has 4 aromatic rings. The molecule has 0 atom stereocenters. The van der Waals surface area contributed by atoms with E-state index in [-0.39, 0.29) is 23.2 Å². The number of hydrogen-bond donors (Lipinski definition) is 2. The van der Waals surface area contributed by atoms with Gasteiger partial charge in [-0.25, -0.2) is 9.36 Å². The summed E-state index contributed by atoms with van der Waals surface area (Å²) in [6, 6.07) is 5.41. The standard InChI is InChI=1S/C21H25N9O2/c1-12-10-13(2)29(26-12)17-8-9-18(31)30(27-17)15-6-4-14(5-7-15)23-21-24-19-16(20(32)25-21)11-22-28(19)3/h8-11,14-15H,4-7H2,1-3H3,(H2,23,24,25,32). The van der Waals surface area contributed by atoms with Gasteiger partial charge in [0.2, 0.25) is 5.95 Å². The summed E-state index contributed by atoms with van der Waals surface area (Å²) in [5, 5.41) is 17.0. The molecular weight excluding hydrogens is 410 g/mol. The highest BCUT2D eigenvalue weighted by Gasteiger charge is 2.25. The molecule has 1 aliphatic rings. The van der Waals surface area contributed by atoms with Crippen molar-refractivity contribution in [3.63, 3.8) is 0 Å². The number of aryl methyl sites for hydroxylation is 3. The van der Waals surface area contributed by atoms with E-state index in [1.54, 1.807) is 33.2 Å². The van der Waals surface area contributed by atoms with E-state index >= 15 is 0 Å². The van der Waals surface area contributed by atoms with Gasteiger partial charge in [-0.2, -0.15) is 15.2 Å². The molecule has 4 aromatic heterocycles. The van der Waals surface area contributed by atoms with Gasteiger partial charge in [0.1, 0.15) is 5.39 Å². The van der Waals surface area contributed by atoms with Gasteiger partial charge in [-0.15, -0.1) is 5.10 Å². The lowest BCUT2D eigenvalue weighted by atomic mass is 9.91. The SMILES string of the molecule is Cc1cc(C)n(-c2ccc(=O)n(C3CCC(Nc4nc5c(cnn5C)c(=O)[nH]4)CC3)n2)n1. The van der Waals surface area contributed by atoms with Crippen LogP contribution in [-0.2, 0) is 7.05 Å². The molecule has 11 nitrogen and oxygen atoms in total. The Labute approximate surface area is 183 Å². The summed E-state index contributed by atoms with van der Waals surface area (Å²) >= 11 is 0. The molecule has 2 N–H and O–H groups in total. The van der Waals surface area contributed by atoms with E-state index in [0.717, 1.165) is 37.1 Å². The van der Waals surface area contributed by atoms with Gasteiger partial charge in [0.25, 0.3) is 11.1 Å². The Hall–Kier alpha value is -3.76. The predicted octanol–water partition coefficient (Wildman–Crippen LogP) is 1.61. The Bertz CT molecular complexity index is 1400. The van der Waals surface area contributed by atoms with E-state index in [9.17, 15) is 9.59 Å². The largest absolute Gasteiger partial charge is 0.353 e. The van der Waals surface area contributed by atoms with Crippen LogP contribution in [0.2, 0.25) is 0 Å². The van der Waals surface area contributed by atoms with Crippen molar-refractivity contribution in [2.45, 2.75) is 51.6 Å². The van der Waals surface area contributed by atoms with Crippen LogP contribution in [-0.4, -0.2) is 45.4 Å². The predicted molar refractivity (Wildman–Crippen MR) is 119 cm³/mol. The Balaban J connectivity index is 1.31. The number of fused-ring (bicyclic) bond motifs is 1. The lowest BCUT2D eigenvalue weighted by Gasteiger charge is -2.29. The second-order valence-electron chi connectivity index (χ2n) is 8.38. The first-order valence-electron chi connectivity index (χ1n) is 10.7. The van der Waals surface area contributed by atoms with Gasteiger partial charge in [-0.05, 0) is 51.7 Å². The second kappa shape index (κ2) is 7.74. The van der Waals surface area contributed by atoms with E-state index in [4.69, 9.17) is 0 Å². The number of hydrogen-bond acceptors (Lipinski definition) is 7. The van der Waals surface area contributed by atoms with Crippen molar-refractivity contribution in [3.05, 3.63) is 56.5 Å². The Morgan fingerprint density at radius 2 is 1.88 bits per heavy atom. The highest BCUT2D eigenvalue weighted by atomic mass is 16.1. The molecule has 32 heavy (non-hydrogen) atoms. The summed E-state index contributed by atoms with van der Waals surface area (Å²) in [6.45, 7) is 3.90. The van der Waals surface area contributed by atoms with Gasteiger partial charge in [-0.3, -0.25) is 19.3 Å². The van der Waals surface area contributed by atoms with Gasteiger partial charge in [0.15, 0.2) is 11.5 Å². The first-order valence-corrected chi connectivity index (χ1v) is 10.7. The van der Waals surface area contributed by atoms with E-state index in [1.807, 2.05) is 19.9 Å². The van der Waals surface area contributed by atoms with Crippen LogP contribution in [0.4, 0.5) is 5.95 Å². The fraction of sp³-hybridized carbons (Fsp3) is 0.429. The van der Waals surface area contributed by atoms with E-state index in [1.165, 1.54) is 6.20 Å². The zero-order valence-electron chi connectivity index (χ0n) is 18.2. The van der Waals surface area contributed by atoms with Gasteiger partial charge < -0.3 is 5.32 Å². The van der Waals surface area contributed by atoms with Crippen molar-refractivity contribution in [1.29, 1.82) is 0 Å². The van der Waals surface area contributed by atoms with Crippen LogP contribution in [0.5, 0.6) is 0 Å². The third-order valence-corrected chi connectivity index (χ3v) is 6.02. The first kappa shape index (κ1) is 20.2. The number of anilines is 1. The summed E-state index contributed by atoms with van der Waals surface area (Å²) in [6.07, 6.45) is 4.76. The molecule has 0 radical (unpaired) electrons. The van der Waals surface area contributed by atoms with Gasteiger partial charge in [-0.1, -0.05) is 0 Å². The van der Waals surface area contributed by atoms with Crippen molar-refractivity contribution in [2.75, 3.05) is 5.32 Å². The van der Waals surface area contributed by atoms with Crippen LogP contribution in [0.15, 0.2) is 34.0 Å². The number of nitrogens with one attached hydrogen (secondary N) is 2. The van der Waals surface area contributed by atoms with Crippen molar-refractivity contribution in [1.82, 2.24) is 39.3 Å². The minimum atomic E-state index is -0.212. The molecule has 0 aliphatic heterocycles. The van der Waals surface area contributed by atoms with Crippen LogP contribution in [0, 0.1) is 13.8 Å². The molecule has 0 aromatic carbocycles. The van der Waals surface area contributed by atoms with Crippen molar-refractivity contribution >= 4 is 17.0 Å². The number of H-pyrrole nitrogens is 1. The molecule has 166 valence electrons. The van der Waals surface area contributed by atoms with Crippen LogP contribution in [0.3, 0.4) is 0 Å². The number of aromatic amines is 1. The zero-order chi connectivity index (χ0) is 22.4. The molecule has 0 saturated heterocycles. The van der Waals surface area contributed by atoms with Gasteiger partial charge >= 0.3 is 0 Å². The summed E-state index contributed by atoms with van der Waals surface area (Å²) in [5.74, 6) is 1.08. The van der Waals surface area contributed by atoms with Crippen LogP contribution in [0.25, 0.3) is 16.9 Å². The molecule has 1 fully saturated rings. The summed E-state index contributed by atoms with van der Waals surface area (Å²) < 4.78 is 4.93. The molecule has 1 saturated carbocycles. The highest BCUT2D eigenvalue weighted by Crippen LogP contribution is 2.28. The monoisotopic (exact) mass is 435 g/mol. The van der Waals surface area contributed by atoms with E-state index in [2.05, 4.69) is 30.6 Å². The summed E-state index contributed by atoms with van der Waals surface area (Å²) in [5.41, 5.74) is 2.10.